The lowest BCUT2D eigenvalue weighted by molar-refractivity contribution is 0.145. The molecule has 136 valence electrons. The molecule has 1 aromatic heterocycles. The van der Waals surface area contributed by atoms with Gasteiger partial charge >= 0.3 is 0 Å². The van der Waals surface area contributed by atoms with Gasteiger partial charge < -0.3 is 0 Å². The molecular weight excluding hydrogens is 343 g/mol. The van der Waals surface area contributed by atoms with E-state index in [1.165, 1.54) is 22.6 Å². The van der Waals surface area contributed by atoms with Crippen LogP contribution in [0.3, 0.4) is 0 Å². The van der Waals surface area contributed by atoms with Gasteiger partial charge in [0.15, 0.2) is 0 Å². The number of aromatic nitrogens is 2. The molecule has 0 bridgehead atoms. The molecule has 2 aromatic rings. The van der Waals surface area contributed by atoms with Crippen LogP contribution in [-0.4, -0.2) is 53.6 Å². The summed E-state index contributed by atoms with van der Waals surface area (Å²) in [6.07, 6.45) is 2.97. The molecule has 0 saturated carbocycles. The highest BCUT2D eigenvalue weighted by molar-refractivity contribution is 7.89. The van der Waals surface area contributed by atoms with Crippen molar-refractivity contribution in [3.63, 3.8) is 0 Å². The highest BCUT2D eigenvalue weighted by Crippen LogP contribution is 2.24. The van der Waals surface area contributed by atoms with Gasteiger partial charge in [-0.1, -0.05) is 12.1 Å². The molecule has 1 aliphatic heterocycles. The van der Waals surface area contributed by atoms with Crippen molar-refractivity contribution in [2.45, 2.75) is 31.3 Å². The molecule has 1 atom stereocenters. The third kappa shape index (κ3) is 3.75. The van der Waals surface area contributed by atoms with E-state index in [9.17, 15) is 12.8 Å². The van der Waals surface area contributed by atoms with Crippen LogP contribution in [0.2, 0.25) is 0 Å². The lowest BCUT2D eigenvalue weighted by Crippen LogP contribution is -2.49. The molecule has 8 heteroatoms. The van der Waals surface area contributed by atoms with Crippen molar-refractivity contribution in [2.24, 2.45) is 0 Å². The van der Waals surface area contributed by atoms with Gasteiger partial charge in [-0.15, -0.1) is 0 Å². The molecule has 25 heavy (non-hydrogen) atoms. The zero-order chi connectivity index (χ0) is 18.0. The van der Waals surface area contributed by atoms with Crippen molar-refractivity contribution in [1.82, 2.24) is 19.0 Å². The number of piperazine rings is 1. The Bertz CT molecular complexity index is 829. The van der Waals surface area contributed by atoms with Crippen LogP contribution in [0.4, 0.5) is 4.39 Å². The summed E-state index contributed by atoms with van der Waals surface area (Å²) in [6.45, 7) is 6.62. The van der Waals surface area contributed by atoms with Crippen molar-refractivity contribution < 1.29 is 12.8 Å². The molecule has 0 amide bonds. The van der Waals surface area contributed by atoms with Gasteiger partial charge in [0.2, 0.25) is 10.0 Å². The molecule has 1 fully saturated rings. The third-order valence-electron chi connectivity index (χ3n) is 4.72. The molecule has 3 rings (SSSR count). The molecule has 1 unspecified atom stereocenters. The van der Waals surface area contributed by atoms with Crippen molar-refractivity contribution in [3.05, 3.63) is 48.0 Å². The van der Waals surface area contributed by atoms with Crippen LogP contribution in [0, 0.1) is 5.82 Å². The van der Waals surface area contributed by atoms with E-state index >= 15 is 0 Å². The second-order valence-corrected chi connectivity index (χ2v) is 8.14. The van der Waals surface area contributed by atoms with E-state index in [-0.39, 0.29) is 16.8 Å². The first-order chi connectivity index (χ1) is 11.9. The maximum absolute atomic E-state index is 13.4. The summed E-state index contributed by atoms with van der Waals surface area (Å²) in [4.78, 5) is 2.41. The normalized spacial score (nSPS) is 18.4. The number of hydrogen-bond acceptors (Lipinski definition) is 4. The lowest BCUT2D eigenvalue weighted by Gasteiger charge is -2.37. The predicted molar refractivity (Wildman–Crippen MR) is 93.0 cm³/mol. The van der Waals surface area contributed by atoms with Gasteiger partial charge in [0.1, 0.15) is 10.7 Å². The van der Waals surface area contributed by atoms with Crippen LogP contribution in [0.5, 0.6) is 0 Å². The largest absolute Gasteiger partial charge is 0.294 e. The van der Waals surface area contributed by atoms with Crippen LogP contribution in [0.1, 0.15) is 25.5 Å². The van der Waals surface area contributed by atoms with Gasteiger partial charge in [-0.3, -0.25) is 9.58 Å². The van der Waals surface area contributed by atoms with Crippen molar-refractivity contribution in [1.29, 1.82) is 0 Å². The Morgan fingerprint density at radius 3 is 2.56 bits per heavy atom. The van der Waals surface area contributed by atoms with Crippen LogP contribution >= 0.6 is 0 Å². The molecule has 1 saturated heterocycles. The molecule has 1 aromatic carbocycles. The Hall–Kier alpha value is -1.77. The summed E-state index contributed by atoms with van der Waals surface area (Å²) in [5, 5.41) is 4.05. The zero-order valence-electron chi connectivity index (χ0n) is 14.5. The zero-order valence-corrected chi connectivity index (χ0v) is 15.3. The van der Waals surface area contributed by atoms with Crippen LogP contribution in [-0.2, 0) is 16.6 Å². The number of aryl methyl sites for hydroxylation is 1. The molecule has 0 aliphatic carbocycles. The molecular formula is C17H23FN4O2S. The summed E-state index contributed by atoms with van der Waals surface area (Å²) in [6, 6.07) is 6.61. The first kappa shape index (κ1) is 18.0. The average Bonchev–Trinajstić information content (AvgIpc) is 3.11. The molecule has 0 radical (unpaired) electrons. The maximum atomic E-state index is 13.4. The van der Waals surface area contributed by atoms with Gasteiger partial charge in [-0.05, 0) is 31.5 Å². The highest BCUT2D eigenvalue weighted by atomic mass is 32.2. The Kier molecular flexibility index (Phi) is 5.21. The first-order valence-electron chi connectivity index (χ1n) is 8.44. The standard InChI is InChI=1S/C17H23FN4O2S/c1-3-21-13-17(12-19-21)25(23,24)22-9-7-20(8-10-22)14(2)15-5-4-6-16(18)11-15/h4-6,11-14H,3,7-10H2,1-2H3. The highest BCUT2D eigenvalue weighted by Gasteiger charge is 2.31. The maximum Gasteiger partial charge on any atom is 0.246 e. The average molecular weight is 366 g/mol. The minimum absolute atomic E-state index is 0.0448. The summed E-state index contributed by atoms with van der Waals surface area (Å²) < 4.78 is 41.9. The number of rotatable bonds is 5. The summed E-state index contributed by atoms with van der Waals surface area (Å²) in [5.41, 5.74) is 0.903. The van der Waals surface area contributed by atoms with Crippen LogP contribution < -0.4 is 0 Å². The molecule has 1 aliphatic rings. The fourth-order valence-corrected chi connectivity index (χ4v) is 4.49. The van der Waals surface area contributed by atoms with Crippen molar-refractivity contribution in [3.8, 4) is 0 Å². The van der Waals surface area contributed by atoms with E-state index in [0.29, 0.717) is 32.7 Å². The SMILES string of the molecule is CCn1cc(S(=O)(=O)N2CCN(C(C)c3cccc(F)c3)CC2)cn1. The number of halogens is 1. The Labute approximate surface area is 147 Å². The van der Waals surface area contributed by atoms with Gasteiger partial charge in [0.25, 0.3) is 0 Å². The number of nitrogens with zero attached hydrogens (tertiary/aromatic N) is 4. The number of sulfonamides is 1. The van der Waals surface area contributed by atoms with Crippen LogP contribution in [0.15, 0.2) is 41.6 Å². The Morgan fingerprint density at radius 1 is 1.24 bits per heavy atom. The summed E-state index contributed by atoms with van der Waals surface area (Å²) in [5.74, 6) is -0.251. The predicted octanol–water partition coefficient (Wildman–Crippen LogP) is 2.11. The number of benzene rings is 1. The second kappa shape index (κ2) is 7.23. The lowest BCUT2D eigenvalue weighted by atomic mass is 10.1. The Balaban J connectivity index is 1.67. The van der Waals surface area contributed by atoms with Crippen molar-refractivity contribution in [2.75, 3.05) is 26.2 Å². The smallest absolute Gasteiger partial charge is 0.246 e. The fourth-order valence-electron chi connectivity index (χ4n) is 3.11. The topological polar surface area (TPSA) is 58.4 Å². The van der Waals surface area contributed by atoms with Crippen LogP contribution in [0.25, 0.3) is 0 Å². The summed E-state index contributed by atoms with van der Waals surface area (Å²) >= 11 is 0. The molecule has 0 spiro atoms. The van der Waals surface area contributed by atoms with E-state index in [0.717, 1.165) is 5.56 Å². The minimum atomic E-state index is -3.51. The van der Waals surface area contributed by atoms with E-state index in [1.807, 2.05) is 19.9 Å². The van der Waals surface area contributed by atoms with Gasteiger partial charge in [-0.25, -0.2) is 12.8 Å². The second-order valence-electron chi connectivity index (χ2n) is 6.20. The van der Waals surface area contributed by atoms with Gasteiger partial charge in [0, 0.05) is 45.0 Å². The summed E-state index contributed by atoms with van der Waals surface area (Å²) in [7, 11) is -3.51. The molecule has 6 nitrogen and oxygen atoms in total. The minimum Gasteiger partial charge on any atom is -0.294 e. The Morgan fingerprint density at radius 2 is 1.96 bits per heavy atom. The fraction of sp³-hybridized carbons (Fsp3) is 0.471. The molecule has 0 N–H and O–H groups in total. The van der Waals surface area contributed by atoms with Crippen molar-refractivity contribution >= 4 is 10.0 Å². The first-order valence-corrected chi connectivity index (χ1v) is 9.88. The van der Waals surface area contributed by atoms with E-state index in [2.05, 4.69) is 10.00 Å². The third-order valence-corrected chi connectivity index (χ3v) is 6.57. The number of hydrogen-bond donors (Lipinski definition) is 0. The van der Waals surface area contributed by atoms with Gasteiger partial charge in [-0.2, -0.15) is 9.40 Å². The van der Waals surface area contributed by atoms with E-state index in [1.54, 1.807) is 16.9 Å². The van der Waals surface area contributed by atoms with E-state index < -0.39 is 10.0 Å². The van der Waals surface area contributed by atoms with E-state index in [4.69, 9.17) is 0 Å². The quantitative estimate of drug-likeness (QED) is 0.813. The molecule has 2 heterocycles. The van der Waals surface area contributed by atoms with Gasteiger partial charge in [0.05, 0.1) is 6.20 Å². The monoisotopic (exact) mass is 366 g/mol.